The molecule has 0 saturated heterocycles. The fraction of sp³-hybridized carbons (Fsp3) is 0.615. The molecule has 4 nitrogen and oxygen atoms in total. The van der Waals surface area contributed by atoms with Gasteiger partial charge in [-0.3, -0.25) is 4.79 Å². The molecule has 0 aliphatic carbocycles. The highest BCUT2D eigenvalue weighted by Crippen LogP contribution is 2.12. The molecule has 1 amide bonds. The Bertz CT molecular complexity index is 368. The first kappa shape index (κ1) is 13.8. The maximum Gasteiger partial charge on any atom is 0.224 e. The second-order valence-electron chi connectivity index (χ2n) is 5.11. The lowest BCUT2D eigenvalue weighted by molar-refractivity contribution is -0.125. The molecule has 0 radical (unpaired) electrons. The number of primary amides is 1. The molecule has 4 heteroatoms. The molecule has 0 aliphatic heterocycles. The van der Waals surface area contributed by atoms with Gasteiger partial charge in [0, 0.05) is 32.0 Å². The molecule has 17 heavy (non-hydrogen) atoms. The summed E-state index contributed by atoms with van der Waals surface area (Å²) in [7, 11) is 0. The number of carbonyl (C=O) groups is 1. The number of hydrogen-bond donors (Lipinski definition) is 2. The van der Waals surface area contributed by atoms with E-state index in [1.807, 2.05) is 13.8 Å². The second kappa shape index (κ2) is 5.87. The normalized spacial score (nSPS) is 11.7. The van der Waals surface area contributed by atoms with E-state index >= 15 is 0 Å². The van der Waals surface area contributed by atoms with Crippen molar-refractivity contribution < 1.29 is 4.79 Å². The van der Waals surface area contributed by atoms with Crippen LogP contribution in [0.5, 0.6) is 0 Å². The van der Waals surface area contributed by atoms with Gasteiger partial charge < -0.3 is 15.6 Å². The molecule has 0 bridgehead atoms. The molecule has 0 aliphatic rings. The minimum Gasteiger partial charge on any atom is -0.369 e. The summed E-state index contributed by atoms with van der Waals surface area (Å²) in [6, 6.07) is 2.10. The van der Waals surface area contributed by atoms with Crippen LogP contribution in [0.15, 0.2) is 18.5 Å². The van der Waals surface area contributed by atoms with Crippen molar-refractivity contribution >= 4 is 5.91 Å². The predicted octanol–water partition coefficient (Wildman–Crippen LogP) is 1.50. The van der Waals surface area contributed by atoms with Crippen LogP contribution in [0, 0.1) is 5.41 Å². The highest BCUT2D eigenvalue weighted by atomic mass is 16.1. The summed E-state index contributed by atoms with van der Waals surface area (Å²) in [4.78, 5) is 11.1. The molecule has 3 N–H and O–H groups in total. The SMILES string of the molecule is CCCn1ccc(CNCC(C)(C)C(N)=O)c1. The van der Waals surface area contributed by atoms with E-state index < -0.39 is 5.41 Å². The molecule has 1 rings (SSSR count). The Balaban J connectivity index is 2.38. The average Bonchev–Trinajstić information content (AvgIpc) is 2.66. The number of nitrogens with zero attached hydrogens (tertiary/aromatic N) is 1. The molecule has 1 aromatic rings. The summed E-state index contributed by atoms with van der Waals surface area (Å²) in [5, 5.41) is 3.26. The van der Waals surface area contributed by atoms with Crippen molar-refractivity contribution in [1.29, 1.82) is 0 Å². The lowest BCUT2D eigenvalue weighted by Gasteiger charge is -2.20. The van der Waals surface area contributed by atoms with Gasteiger partial charge >= 0.3 is 0 Å². The summed E-state index contributed by atoms with van der Waals surface area (Å²) in [5.74, 6) is -0.270. The minimum absolute atomic E-state index is 0.270. The number of carbonyl (C=O) groups excluding carboxylic acids is 1. The van der Waals surface area contributed by atoms with Gasteiger partial charge in [-0.1, -0.05) is 6.92 Å². The fourth-order valence-electron chi connectivity index (χ4n) is 1.60. The Morgan fingerprint density at radius 3 is 2.82 bits per heavy atom. The molecule has 96 valence electrons. The van der Waals surface area contributed by atoms with E-state index in [1.165, 1.54) is 5.56 Å². The zero-order valence-electron chi connectivity index (χ0n) is 11.0. The first-order chi connectivity index (χ1) is 7.95. The third-order valence-electron chi connectivity index (χ3n) is 2.86. The molecule has 0 saturated carbocycles. The van der Waals surface area contributed by atoms with Gasteiger partial charge in [0.25, 0.3) is 0 Å². The number of aryl methyl sites for hydroxylation is 1. The molecule has 0 fully saturated rings. The van der Waals surface area contributed by atoms with Crippen molar-refractivity contribution in [3.8, 4) is 0 Å². The summed E-state index contributed by atoms with van der Waals surface area (Å²) in [6.45, 7) is 8.28. The van der Waals surface area contributed by atoms with Crippen LogP contribution in [0.25, 0.3) is 0 Å². The van der Waals surface area contributed by atoms with E-state index in [1.54, 1.807) is 0 Å². The van der Waals surface area contributed by atoms with Crippen LogP contribution in [-0.4, -0.2) is 17.0 Å². The molecule has 0 aromatic carbocycles. The summed E-state index contributed by atoms with van der Waals surface area (Å²) in [6.07, 6.45) is 5.35. The van der Waals surface area contributed by atoms with E-state index in [0.717, 1.165) is 19.5 Å². The van der Waals surface area contributed by atoms with Gasteiger partial charge in [0.1, 0.15) is 0 Å². The largest absolute Gasteiger partial charge is 0.369 e. The van der Waals surface area contributed by atoms with Crippen LogP contribution >= 0.6 is 0 Å². The maximum absolute atomic E-state index is 11.1. The minimum atomic E-state index is -0.494. The number of hydrogen-bond acceptors (Lipinski definition) is 2. The monoisotopic (exact) mass is 237 g/mol. The van der Waals surface area contributed by atoms with Crippen molar-refractivity contribution in [2.45, 2.75) is 40.3 Å². The van der Waals surface area contributed by atoms with Gasteiger partial charge in [-0.15, -0.1) is 0 Å². The number of nitrogens with one attached hydrogen (secondary N) is 1. The van der Waals surface area contributed by atoms with Crippen molar-refractivity contribution in [2.24, 2.45) is 11.1 Å². The molecule has 1 heterocycles. The first-order valence-electron chi connectivity index (χ1n) is 6.11. The Kier molecular flexibility index (Phi) is 4.75. The van der Waals surface area contributed by atoms with E-state index in [-0.39, 0.29) is 5.91 Å². The lowest BCUT2D eigenvalue weighted by Crippen LogP contribution is -2.40. The molecular formula is C13H23N3O. The van der Waals surface area contributed by atoms with Crippen molar-refractivity contribution in [3.63, 3.8) is 0 Å². The Labute approximate surface area is 103 Å². The third kappa shape index (κ3) is 4.23. The molecule has 0 atom stereocenters. The number of rotatable bonds is 7. The summed E-state index contributed by atoms with van der Waals surface area (Å²) in [5.41, 5.74) is 6.05. The molecule has 0 spiro atoms. The van der Waals surface area contributed by atoms with Gasteiger partial charge in [0.2, 0.25) is 5.91 Å². The van der Waals surface area contributed by atoms with E-state index in [9.17, 15) is 4.79 Å². The zero-order valence-corrected chi connectivity index (χ0v) is 11.0. The highest BCUT2D eigenvalue weighted by molar-refractivity contribution is 5.80. The van der Waals surface area contributed by atoms with Crippen LogP contribution in [0.1, 0.15) is 32.8 Å². The van der Waals surface area contributed by atoms with Crippen molar-refractivity contribution in [1.82, 2.24) is 9.88 Å². The van der Waals surface area contributed by atoms with Gasteiger partial charge in [-0.05, 0) is 31.9 Å². The topological polar surface area (TPSA) is 60.1 Å². The van der Waals surface area contributed by atoms with Crippen LogP contribution < -0.4 is 11.1 Å². The van der Waals surface area contributed by atoms with Crippen LogP contribution in [0.3, 0.4) is 0 Å². The first-order valence-corrected chi connectivity index (χ1v) is 6.11. The predicted molar refractivity (Wildman–Crippen MR) is 69.4 cm³/mol. The van der Waals surface area contributed by atoms with Crippen molar-refractivity contribution in [2.75, 3.05) is 6.54 Å². The fourth-order valence-corrected chi connectivity index (χ4v) is 1.60. The Hall–Kier alpha value is -1.29. The smallest absolute Gasteiger partial charge is 0.224 e. The Morgan fingerprint density at radius 1 is 1.53 bits per heavy atom. The number of aromatic nitrogens is 1. The number of nitrogens with two attached hydrogens (primary N) is 1. The van der Waals surface area contributed by atoms with Gasteiger partial charge in [-0.25, -0.2) is 0 Å². The quantitative estimate of drug-likeness (QED) is 0.755. The molecular weight excluding hydrogens is 214 g/mol. The maximum atomic E-state index is 11.1. The van der Waals surface area contributed by atoms with E-state index in [4.69, 9.17) is 5.73 Å². The lowest BCUT2D eigenvalue weighted by atomic mass is 9.93. The summed E-state index contributed by atoms with van der Waals surface area (Å²) < 4.78 is 2.18. The number of amides is 1. The van der Waals surface area contributed by atoms with Gasteiger partial charge in [0.05, 0.1) is 5.41 Å². The van der Waals surface area contributed by atoms with E-state index in [0.29, 0.717) is 6.54 Å². The van der Waals surface area contributed by atoms with Gasteiger partial charge in [0.15, 0.2) is 0 Å². The standard InChI is InChI=1S/C13H23N3O/c1-4-6-16-7-5-11(9-16)8-15-10-13(2,3)12(14)17/h5,7,9,15H,4,6,8,10H2,1-3H3,(H2,14,17). The Morgan fingerprint density at radius 2 is 2.24 bits per heavy atom. The molecule has 0 unspecified atom stereocenters. The van der Waals surface area contributed by atoms with Crippen LogP contribution in [0.4, 0.5) is 0 Å². The van der Waals surface area contributed by atoms with Crippen LogP contribution in [0.2, 0.25) is 0 Å². The zero-order chi connectivity index (χ0) is 12.9. The van der Waals surface area contributed by atoms with Crippen molar-refractivity contribution in [3.05, 3.63) is 24.0 Å². The summed E-state index contributed by atoms with van der Waals surface area (Å²) >= 11 is 0. The highest BCUT2D eigenvalue weighted by Gasteiger charge is 2.23. The average molecular weight is 237 g/mol. The second-order valence-corrected chi connectivity index (χ2v) is 5.11. The molecule has 1 aromatic heterocycles. The van der Waals surface area contributed by atoms with E-state index in [2.05, 4.69) is 35.3 Å². The van der Waals surface area contributed by atoms with Gasteiger partial charge in [-0.2, -0.15) is 0 Å². The third-order valence-corrected chi connectivity index (χ3v) is 2.86. The van der Waals surface area contributed by atoms with Crippen LogP contribution in [-0.2, 0) is 17.9 Å².